The minimum absolute atomic E-state index is 0.106. The van der Waals surface area contributed by atoms with Gasteiger partial charge in [-0.15, -0.1) is 0 Å². The molecule has 0 saturated carbocycles. The first-order chi connectivity index (χ1) is 13.8. The number of likely N-dealkylation sites (tertiary alicyclic amines) is 1. The number of amides is 1. The van der Waals surface area contributed by atoms with Gasteiger partial charge in [-0.25, -0.2) is 4.79 Å². The van der Waals surface area contributed by atoms with Crippen LogP contribution in [0.1, 0.15) is 56.4 Å². The second-order valence-corrected chi connectivity index (χ2v) is 8.82. The minimum Gasteiger partial charge on any atom is -0.497 e. The summed E-state index contributed by atoms with van der Waals surface area (Å²) in [5.41, 5.74) is 2.72. The summed E-state index contributed by atoms with van der Waals surface area (Å²) in [6.07, 6.45) is 1.17. The van der Waals surface area contributed by atoms with Gasteiger partial charge in [-0.1, -0.05) is 36.4 Å². The van der Waals surface area contributed by atoms with E-state index in [4.69, 9.17) is 14.2 Å². The summed E-state index contributed by atoms with van der Waals surface area (Å²) in [5.74, 6) is 0.834. The third kappa shape index (κ3) is 3.84. The van der Waals surface area contributed by atoms with Crippen molar-refractivity contribution in [2.24, 2.45) is 0 Å². The van der Waals surface area contributed by atoms with Crippen molar-refractivity contribution in [2.45, 2.75) is 50.9 Å². The lowest BCUT2D eigenvalue weighted by molar-refractivity contribution is -0.0967. The van der Waals surface area contributed by atoms with Crippen LogP contribution in [0.25, 0.3) is 0 Å². The summed E-state index contributed by atoms with van der Waals surface area (Å²) >= 11 is 0. The standard InChI is InChI=1S/C24H29NO4/c1-23(2,3)29-22(26)25-15-13-24(14-16-25)20-8-6-5-7-19(20)21(28-24)17-9-11-18(27-4)12-10-17/h5-12,21H,13-16H2,1-4H3/t21-/m0/s1. The van der Waals surface area contributed by atoms with Crippen LogP contribution in [0.3, 0.4) is 0 Å². The lowest BCUT2D eigenvalue weighted by Gasteiger charge is -2.40. The highest BCUT2D eigenvalue weighted by atomic mass is 16.6. The van der Waals surface area contributed by atoms with E-state index in [1.54, 1.807) is 12.0 Å². The number of ether oxygens (including phenoxy) is 3. The molecule has 0 N–H and O–H groups in total. The number of methoxy groups -OCH3 is 1. The van der Waals surface area contributed by atoms with Gasteiger partial charge < -0.3 is 19.1 Å². The number of hydrogen-bond acceptors (Lipinski definition) is 4. The molecule has 1 amide bonds. The summed E-state index contributed by atoms with van der Waals surface area (Å²) in [6, 6.07) is 16.5. The second-order valence-electron chi connectivity index (χ2n) is 8.82. The fourth-order valence-corrected chi connectivity index (χ4v) is 4.28. The molecule has 1 fully saturated rings. The lowest BCUT2D eigenvalue weighted by Crippen LogP contribution is -2.46. The normalized spacial score (nSPS) is 20.4. The lowest BCUT2D eigenvalue weighted by atomic mass is 9.83. The van der Waals surface area contributed by atoms with Gasteiger partial charge in [0.05, 0.1) is 12.7 Å². The van der Waals surface area contributed by atoms with E-state index in [0.29, 0.717) is 13.1 Å². The summed E-state index contributed by atoms with van der Waals surface area (Å²) < 4.78 is 17.6. The van der Waals surface area contributed by atoms with Crippen molar-refractivity contribution < 1.29 is 19.0 Å². The first kappa shape index (κ1) is 19.8. The number of hydrogen-bond donors (Lipinski definition) is 0. The third-order valence-corrected chi connectivity index (χ3v) is 5.72. The van der Waals surface area contributed by atoms with Crippen LogP contribution in [-0.4, -0.2) is 36.8 Å². The Morgan fingerprint density at radius 2 is 1.72 bits per heavy atom. The number of rotatable bonds is 2. The van der Waals surface area contributed by atoms with Crippen molar-refractivity contribution in [2.75, 3.05) is 20.2 Å². The Kier molecular flexibility index (Phi) is 5.03. The van der Waals surface area contributed by atoms with Gasteiger partial charge in [0.15, 0.2) is 0 Å². The smallest absolute Gasteiger partial charge is 0.410 e. The van der Waals surface area contributed by atoms with Gasteiger partial charge in [-0.3, -0.25) is 0 Å². The van der Waals surface area contributed by atoms with Crippen molar-refractivity contribution in [3.8, 4) is 5.75 Å². The highest BCUT2D eigenvalue weighted by Crippen LogP contribution is 2.51. The molecule has 0 bridgehead atoms. The molecule has 2 heterocycles. The van der Waals surface area contributed by atoms with Gasteiger partial charge in [-0.2, -0.15) is 0 Å². The number of benzene rings is 2. The predicted molar refractivity (Wildman–Crippen MR) is 111 cm³/mol. The molecule has 2 aliphatic heterocycles. The molecule has 2 aliphatic rings. The highest BCUT2D eigenvalue weighted by molar-refractivity contribution is 5.68. The summed E-state index contributed by atoms with van der Waals surface area (Å²) in [4.78, 5) is 14.3. The first-order valence-corrected chi connectivity index (χ1v) is 10.2. The average Bonchev–Trinajstić information content (AvgIpc) is 3.02. The SMILES string of the molecule is COc1ccc([C@@H]2OC3(CCN(C(=O)OC(C)(C)C)CC3)c3ccccc32)cc1. The monoisotopic (exact) mass is 395 g/mol. The molecule has 1 spiro atoms. The van der Waals surface area contributed by atoms with E-state index in [9.17, 15) is 4.79 Å². The zero-order valence-corrected chi connectivity index (χ0v) is 17.6. The molecule has 5 nitrogen and oxygen atoms in total. The number of fused-ring (bicyclic) bond motifs is 2. The number of carbonyl (C=O) groups is 1. The van der Waals surface area contributed by atoms with Gasteiger partial charge in [0.1, 0.15) is 17.5 Å². The van der Waals surface area contributed by atoms with Crippen LogP contribution in [0.15, 0.2) is 48.5 Å². The summed E-state index contributed by atoms with van der Waals surface area (Å²) in [6.45, 7) is 6.93. The first-order valence-electron chi connectivity index (χ1n) is 10.2. The molecule has 154 valence electrons. The summed E-state index contributed by atoms with van der Waals surface area (Å²) in [7, 11) is 1.67. The second kappa shape index (κ2) is 7.38. The Morgan fingerprint density at radius 1 is 1.07 bits per heavy atom. The number of nitrogens with zero attached hydrogens (tertiary/aromatic N) is 1. The number of carbonyl (C=O) groups excluding carboxylic acids is 1. The molecular weight excluding hydrogens is 366 g/mol. The van der Waals surface area contributed by atoms with Crippen LogP contribution in [-0.2, 0) is 15.1 Å². The molecule has 2 aromatic rings. The van der Waals surface area contributed by atoms with E-state index < -0.39 is 5.60 Å². The molecule has 1 saturated heterocycles. The molecule has 29 heavy (non-hydrogen) atoms. The third-order valence-electron chi connectivity index (χ3n) is 5.72. The van der Waals surface area contributed by atoms with E-state index in [1.165, 1.54) is 11.1 Å². The van der Waals surface area contributed by atoms with Crippen LogP contribution in [0.5, 0.6) is 5.75 Å². The van der Waals surface area contributed by atoms with Gasteiger partial charge >= 0.3 is 6.09 Å². The van der Waals surface area contributed by atoms with Gasteiger partial charge in [0.2, 0.25) is 0 Å². The Balaban J connectivity index is 1.55. The molecular formula is C24H29NO4. The highest BCUT2D eigenvalue weighted by Gasteiger charge is 2.47. The van der Waals surface area contributed by atoms with Crippen molar-refractivity contribution >= 4 is 6.09 Å². The molecule has 0 radical (unpaired) electrons. The predicted octanol–water partition coefficient (Wildman–Crippen LogP) is 5.04. The van der Waals surface area contributed by atoms with Crippen molar-refractivity contribution in [3.05, 3.63) is 65.2 Å². The minimum atomic E-state index is -0.484. The molecule has 0 aromatic heterocycles. The zero-order valence-electron chi connectivity index (χ0n) is 17.6. The number of piperidine rings is 1. The molecule has 5 heteroatoms. The van der Waals surface area contributed by atoms with Crippen molar-refractivity contribution in [1.29, 1.82) is 0 Å². The van der Waals surface area contributed by atoms with Crippen LogP contribution in [0.2, 0.25) is 0 Å². The summed E-state index contributed by atoms with van der Waals surface area (Å²) in [5, 5.41) is 0. The van der Waals surface area contributed by atoms with E-state index in [0.717, 1.165) is 24.2 Å². The Labute approximate surface area is 172 Å². The van der Waals surface area contributed by atoms with Crippen molar-refractivity contribution in [1.82, 2.24) is 4.90 Å². The quantitative estimate of drug-likeness (QED) is 0.715. The molecule has 0 aliphatic carbocycles. The van der Waals surface area contributed by atoms with Gasteiger partial charge in [0.25, 0.3) is 0 Å². The molecule has 0 unspecified atom stereocenters. The van der Waals surface area contributed by atoms with Crippen LogP contribution in [0, 0.1) is 0 Å². The largest absolute Gasteiger partial charge is 0.497 e. The maximum Gasteiger partial charge on any atom is 0.410 e. The maximum atomic E-state index is 12.5. The fourth-order valence-electron chi connectivity index (χ4n) is 4.28. The Morgan fingerprint density at radius 3 is 2.34 bits per heavy atom. The Hall–Kier alpha value is -2.53. The maximum absolute atomic E-state index is 12.5. The Bertz CT molecular complexity index is 876. The van der Waals surface area contributed by atoms with Crippen LogP contribution < -0.4 is 4.74 Å². The molecule has 4 rings (SSSR count). The van der Waals surface area contributed by atoms with Gasteiger partial charge in [-0.05, 0) is 62.4 Å². The van der Waals surface area contributed by atoms with Crippen LogP contribution in [0.4, 0.5) is 4.79 Å². The van der Waals surface area contributed by atoms with E-state index >= 15 is 0 Å². The fraction of sp³-hybridized carbons (Fsp3) is 0.458. The van der Waals surface area contributed by atoms with E-state index in [1.807, 2.05) is 32.9 Å². The van der Waals surface area contributed by atoms with E-state index in [2.05, 4.69) is 36.4 Å². The molecule has 2 aromatic carbocycles. The van der Waals surface area contributed by atoms with Gasteiger partial charge in [0, 0.05) is 13.1 Å². The zero-order chi connectivity index (χ0) is 20.6. The molecule has 1 atom stereocenters. The van der Waals surface area contributed by atoms with Crippen molar-refractivity contribution in [3.63, 3.8) is 0 Å². The topological polar surface area (TPSA) is 48.0 Å². The average molecular weight is 395 g/mol. The van der Waals surface area contributed by atoms with E-state index in [-0.39, 0.29) is 17.8 Å². The van der Waals surface area contributed by atoms with Crippen LogP contribution >= 0.6 is 0 Å².